The minimum atomic E-state index is -3.78. The molecule has 1 aromatic carbocycles. The molecule has 2 atom stereocenters. The second-order valence-corrected chi connectivity index (χ2v) is 7.72. The van der Waals surface area contributed by atoms with Crippen LogP contribution in [0.15, 0.2) is 41.2 Å². The van der Waals surface area contributed by atoms with Gasteiger partial charge in [-0.3, -0.25) is 14.5 Å². The molecule has 0 spiro atoms. The summed E-state index contributed by atoms with van der Waals surface area (Å²) in [5.74, 6) is -1.41. The van der Waals surface area contributed by atoms with E-state index in [-0.39, 0.29) is 18.9 Å². The summed E-state index contributed by atoms with van der Waals surface area (Å²) in [6.45, 7) is 0.160. The highest BCUT2D eigenvalue weighted by atomic mass is 32.2. The van der Waals surface area contributed by atoms with Crippen molar-refractivity contribution in [2.75, 3.05) is 12.8 Å². The van der Waals surface area contributed by atoms with Crippen molar-refractivity contribution in [1.82, 2.24) is 15.5 Å². The number of hydrogen-bond donors (Lipinski definition) is 3. The van der Waals surface area contributed by atoms with Crippen LogP contribution in [0.2, 0.25) is 0 Å². The molecule has 3 N–H and O–H groups in total. The summed E-state index contributed by atoms with van der Waals surface area (Å²) in [4.78, 5) is 25.4. The van der Waals surface area contributed by atoms with E-state index >= 15 is 0 Å². The molecule has 2 amide bonds. The van der Waals surface area contributed by atoms with E-state index < -0.39 is 38.7 Å². The maximum atomic E-state index is 12.3. The Balaban J connectivity index is 1.71. The first-order valence-electron chi connectivity index (χ1n) is 7.32. The van der Waals surface area contributed by atoms with Gasteiger partial charge in [0.15, 0.2) is 14.9 Å². The molecule has 24 heavy (non-hydrogen) atoms. The molecule has 2 aliphatic heterocycles. The van der Waals surface area contributed by atoms with Crippen LogP contribution in [0.5, 0.6) is 0 Å². The van der Waals surface area contributed by atoms with Crippen LogP contribution in [-0.4, -0.2) is 55.1 Å². The molecule has 1 aromatic rings. The first-order valence-corrected chi connectivity index (χ1v) is 9.21. The molecule has 1 unspecified atom stereocenters. The highest BCUT2D eigenvalue weighted by Gasteiger charge is 2.54. The van der Waals surface area contributed by atoms with Crippen molar-refractivity contribution in [1.29, 1.82) is 0 Å². The second kappa shape index (κ2) is 5.82. The molecule has 0 bridgehead atoms. The van der Waals surface area contributed by atoms with E-state index in [0.29, 0.717) is 0 Å². The van der Waals surface area contributed by atoms with Gasteiger partial charge in [-0.2, -0.15) is 0 Å². The molecule has 1 saturated heterocycles. The van der Waals surface area contributed by atoms with Gasteiger partial charge in [0.05, 0.1) is 12.5 Å². The lowest BCUT2D eigenvalue weighted by molar-refractivity contribution is -0.150. The van der Waals surface area contributed by atoms with Crippen LogP contribution < -0.4 is 10.6 Å². The number of sulfone groups is 1. The third kappa shape index (κ3) is 2.82. The van der Waals surface area contributed by atoms with Gasteiger partial charge in [-0.25, -0.2) is 8.42 Å². The summed E-state index contributed by atoms with van der Waals surface area (Å²) in [5, 5.41) is 14.5. The fourth-order valence-electron chi connectivity index (χ4n) is 2.91. The number of aliphatic hydroxyl groups excluding tert-OH is 1. The van der Waals surface area contributed by atoms with Crippen LogP contribution in [0.4, 0.5) is 0 Å². The normalized spacial score (nSPS) is 23.2. The van der Waals surface area contributed by atoms with E-state index in [1.54, 1.807) is 12.1 Å². The van der Waals surface area contributed by atoms with Crippen molar-refractivity contribution in [2.24, 2.45) is 0 Å². The molecule has 1 fully saturated rings. The van der Waals surface area contributed by atoms with Crippen molar-refractivity contribution in [3.63, 3.8) is 0 Å². The Morgan fingerprint density at radius 3 is 2.67 bits per heavy atom. The molecule has 9 heteroatoms. The maximum Gasteiger partial charge on any atom is 0.252 e. The SMILES string of the molecule is CS(=O)(=O)C1=C(O)NC[C@@H]2C(NC(=O)Cc3ccccc3)C(=O)N12. The third-order valence-corrected chi connectivity index (χ3v) is 5.09. The molecular formula is C15H17N3O5S. The zero-order valence-corrected chi connectivity index (χ0v) is 13.7. The summed E-state index contributed by atoms with van der Waals surface area (Å²) in [5.41, 5.74) is 0.815. The van der Waals surface area contributed by atoms with Crippen LogP contribution >= 0.6 is 0 Å². The van der Waals surface area contributed by atoms with Crippen molar-refractivity contribution >= 4 is 21.7 Å². The summed E-state index contributed by atoms with van der Waals surface area (Å²) < 4.78 is 23.5. The number of aliphatic hydroxyl groups is 1. The van der Waals surface area contributed by atoms with Crippen molar-refractivity contribution < 1.29 is 23.1 Å². The first kappa shape index (κ1) is 16.3. The highest BCUT2D eigenvalue weighted by Crippen LogP contribution is 2.31. The van der Waals surface area contributed by atoms with Crippen molar-refractivity contribution in [2.45, 2.75) is 18.5 Å². The third-order valence-electron chi connectivity index (χ3n) is 4.00. The number of hydrogen-bond acceptors (Lipinski definition) is 6. The lowest BCUT2D eigenvalue weighted by Gasteiger charge is -2.49. The van der Waals surface area contributed by atoms with E-state index in [4.69, 9.17) is 0 Å². The molecule has 2 heterocycles. The predicted octanol–water partition coefficient (Wildman–Crippen LogP) is -0.743. The fraction of sp³-hybridized carbons (Fsp3) is 0.333. The molecule has 0 aliphatic carbocycles. The van der Waals surface area contributed by atoms with E-state index in [1.807, 2.05) is 18.2 Å². The molecule has 0 radical (unpaired) electrons. The molecule has 0 aromatic heterocycles. The molecule has 2 aliphatic rings. The Labute approximate surface area is 139 Å². The molecule has 3 rings (SSSR count). The summed E-state index contributed by atoms with van der Waals surface area (Å²) in [6.07, 6.45) is 1.04. The average Bonchev–Trinajstić information content (AvgIpc) is 2.52. The Kier molecular flexibility index (Phi) is 3.96. The van der Waals surface area contributed by atoms with Gasteiger partial charge >= 0.3 is 0 Å². The van der Waals surface area contributed by atoms with Gasteiger partial charge in [0.1, 0.15) is 6.04 Å². The van der Waals surface area contributed by atoms with Gasteiger partial charge in [-0.15, -0.1) is 0 Å². The lowest BCUT2D eigenvalue weighted by Crippen LogP contribution is -2.74. The zero-order valence-electron chi connectivity index (χ0n) is 12.9. The van der Waals surface area contributed by atoms with Crippen molar-refractivity contribution in [3.05, 3.63) is 46.8 Å². The smallest absolute Gasteiger partial charge is 0.252 e. The van der Waals surface area contributed by atoms with Gasteiger partial charge in [0.2, 0.25) is 11.8 Å². The fourth-order valence-corrected chi connectivity index (χ4v) is 3.92. The number of β-lactam (4-membered cyclic amide) rings is 1. The largest absolute Gasteiger partial charge is 0.493 e. The zero-order chi connectivity index (χ0) is 17.5. The van der Waals surface area contributed by atoms with E-state index in [1.165, 1.54) is 0 Å². The Morgan fingerprint density at radius 1 is 1.38 bits per heavy atom. The topological polar surface area (TPSA) is 116 Å². The predicted molar refractivity (Wildman–Crippen MR) is 85.2 cm³/mol. The van der Waals surface area contributed by atoms with E-state index in [9.17, 15) is 23.1 Å². The van der Waals surface area contributed by atoms with Crippen LogP contribution in [-0.2, 0) is 25.8 Å². The average molecular weight is 351 g/mol. The monoisotopic (exact) mass is 351 g/mol. The van der Waals surface area contributed by atoms with Gasteiger partial charge in [-0.05, 0) is 5.56 Å². The van der Waals surface area contributed by atoms with Gasteiger partial charge in [-0.1, -0.05) is 30.3 Å². The van der Waals surface area contributed by atoms with Gasteiger partial charge in [0, 0.05) is 12.8 Å². The minimum absolute atomic E-state index is 0.130. The second-order valence-electron chi connectivity index (χ2n) is 5.79. The number of fused-ring (bicyclic) bond motifs is 1. The van der Waals surface area contributed by atoms with Crippen LogP contribution in [0, 0.1) is 0 Å². The quantitative estimate of drug-likeness (QED) is 0.615. The Hall–Kier alpha value is -2.55. The minimum Gasteiger partial charge on any atom is -0.493 e. The molecule has 8 nitrogen and oxygen atoms in total. The number of nitrogens with zero attached hydrogens (tertiary/aromatic N) is 1. The van der Waals surface area contributed by atoms with Crippen LogP contribution in [0.25, 0.3) is 0 Å². The van der Waals surface area contributed by atoms with E-state index in [2.05, 4.69) is 10.6 Å². The standard InChI is InChI=1S/C15H17N3O5S/c1-24(22,23)15-13(20)16-8-10-12(14(21)18(10)15)17-11(19)7-9-5-3-2-4-6-9/h2-6,10,12,16,20H,7-8H2,1H3,(H,17,19)/t10-,12?/m1/s1. The number of benzene rings is 1. The Bertz CT molecular complexity index is 819. The number of carbonyl (C=O) groups excluding carboxylic acids is 2. The molecule has 128 valence electrons. The maximum absolute atomic E-state index is 12.3. The summed E-state index contributed by atoms with van der Waals surface area (Å²) in [6, 6.07) is 7.73. The molecule has 0 saturated carbocycles. The van der Waals surface area contributed by atoms with Crippen molar-refractivity contribution in [3.8, 4) is 0 Å². The number of nitrogens with one attached hydrogen (secondary N) is 2. The lowest BCUT2D eigenvalue weighted by atomic mass is 9.93. The number of carbonyl (C=O) groups is 2. The van der Waals surface area contributed by atoms with Crippen LogP contribution in [0.3, 0.4) is 0 Å². The highest BCUT2D eigenvalue weighted by molar-refractivity contribution is 7.94. The summed E-state index contributed by atoms with van der Waals surface area (Å²) >= 11 is 0. The first-order chi connectivity index (χ1) is 11.3. The number of amides is 2. The number of rotatable bonds is 4. The Morgan fingerprint density at radius 2 is 2.04 bits per heavy atom. The van der Waals surface area contributed by atoms with Gasteiger partial charge < -0.3 is 15.7 Å². The molecular weight excluding hydrogens is 334 g/mol. The summed E-state index contributed by atoms with van der Waals surface area (Å²) in [7, 11) is -3.78. The van der Waals surface area contributed by atoms with E-state index in [0.717, 1.165) is 16.7 Å². The van der Waals surface area contributed by atoms with Crippen LogP contribution in [0.1, 0.15) is 5.56 Å². The van der Waals surface area contributed by atoms with Gasteiger partial charge in [0.25, 0.3) is 5.91 Å².